The van der Waals surface area contributed by atoms with E-state index in [1.165, 1.54) is 11.3 Å². The van der Waals surface area contributed by atoms with Crippen LogP contribution in [0.5, 0.6) is 0 Å². The van der Waals surface area contributed by atoms with E-state index in [-0.39, 0.29) is 25.1 Å². The molecule has 0 aliphatic heterocycles. The van der Waals surface area contributed by atoms with Gasteiger partial charge >= 0.3 is 5.97 Å². The Bertz CT molecular complexity index is 822. The lowest BCUT2D eigenvalue weighted by atomic mass is 10.1. The minimum Gasteiger partial charge on any atom is -0.454 e. The van der Waals surface area contributed by atoms with E-state index in [0.29, 0.717) is 9.87 Å². The van der Waals surface area contributed by atoms with E-state index in [1.807, 2.05) is 57.3 Å². The van der Waals surface area contributed by atoms with E-state index >= 15 is 0 Å². The van der Waals surface area contributed by atoms with Crippen molar-refractivity contribution in [3.8, 4) is 11.3 Å². The van der Waals surface area contributed by atoms with Crippen LogP contribution >= 0.6 is 23.6 Å². The van der Waals surface area contributed by atoms with Crippen LogP contribution < -0.4 is 5.32 Å². The summed E-state index contributed by atoms with van der Waals surface area (Å²) < 4.78 is 7.44. The molecule has 26 heavy (non-hydrogen) atoms. The lowest BCUT2D eigenvalue weighted by Crippen LogP contribution is -2.38. The van der Waals surface area contributed by atoms with Gasteiger partial charge in [-0.3, -0.25) is 9.59 Å². The first-order valence-electron chi connectivity index (χ1n) is 8.48. The number of nitrogens with one attached hydrogen (secondary N) is 1. The average Bonchev–Trinajstić information content (AvgIpc) is 2.94. The van der Waals surface area contributed by atoms with Crippen molar-refractivity contribution in [2.75, 3.05) is 6.61 Å². The monoisotopic (exact) mass is 392 g/mol. The van der Waals surface area contributed by atoms with Crippen molar-refractivity contribution >= 4 is 35.4 Å². The molecule has 0 unspecified atom stereocenters. The minimum absolute atomic E-state index is 0.0153. The third-order valence-corrected chi connectivity index (χ3v) is 5.44. The van der Waals surface area contributed by atoms with Crippen molar-refractivity contribution in [2.24, 2.45) is 5.92 Å². The molecule has 0 saturated heterocycles. The topological polar surface area (TPSA) is 60.3 Å². The summed E-state index contributed by atoms with van der Waals surface area (Å²) in [4.78, 5) is 24.0. The van der Waals surface area contributed by atoms with Gasteiger partial charge in [-0.2, -0.15) is 0 Å². The maximum absolute atomic E-state index is 12.2. The van der Waals surface area contributed by atoms with Crippen molar-refractivity contribution < 1.29 is 14.3 Å². The zero-order valence-electron chi connectivity index (χ0n) is 15.4. The molecule has 140 valence electrons. The molecule has 1 atom stereocenters. The molecule has 0 aliphatic carbocycles. The van der Waals surface area contributed by atoms with Gasteiger partial charge in [0.05, 0.1) is 5.69 Å². The van der Waals surface area contributed by atoms with Crippen LogP contribution in [0.4, 0.5) is 0 Å². The van der Waals surface area contributed by atoms with Crippen LogP contribution in [-0.2, 0) is 20.9 Å². The Morgan fingerprint density at radius 3 is 2.50 bits per heavy atom. The molecule has 0 spiro atoms. The number of hydrogen-bond donors (Lipinski definition) is 1. The Kier molecular flexibility index (Phi) is 7.11. The summed E-state index contributed by atoms with van der Waals surface area (Å²) >= 11 is 6.73. The highest BCUT2D eigenvalue weighted by Gasteiger charge is 2.15. The number of aromatic nitrogens is 1. The van der Waals surface area contributed by atoms with Crippen molar-refractivity contribution in [1.82, 2.24) is 9.88 Å². The molecule has 1 amide bonds. The van der Waals surface area contributed by atoms with E-state index in [9.17, 15) is 9.59 Å². The molecule has 2 aromatic rings. The Morgan fingerprint density at radius 1 is 1.23 bits per heavy atom. The number of amides is 1. The number of nitrogens with zero attached hydrogens (tertiary/aromatic N) is 1. The molecule has 0 aliphatic rings. The summed E-state index contributed by atoms with van der Waals surface area (Å²) in [6.07, 6.45) is 0. The van der Waals surface area contributed by atoms with Gasteiger partial charge in [0.2, 0.25) is 0 Å². The normalized spacial score (nSPS) is 12.0. The van der Waals surface area contributed by atoms with Crippen molar-refractivity contribution in [2.45, 2.75) is 40.3 Å². The molecule has 0 fully saturated rings. The smallest absolute Gasteiger partial charge is 0.326 e. The molecular weight excluding hydrogens is 368 g/mol. The van der Waals surface area contributed by atoms with Crippen LogP contribution in [0.1, 0.15) is 26.3 Å². The third-order valence-electron chi connectivity index (χ3n) is 4.17. The SMILES string of the molecule is Cc1ccc(-c2csc(=S)n2CC(=O)OCC(=O)N[C@H](C)C(C)C)cc1. The minimum atomic E-state index is -0.486. The van der Waals surface area contributed by atoms with E-state index in [1.54, 1.807) is 4.57 Å². The molecule has 1 aromatic carbocycles. The van der Waals surface area contributed by atoms with Gasteiger partial charge in [0.1, 0.15) is 6.54 Å². The molecule has 0 bridgehead atoms. The fraction of sp³-hybridized carbons (Fsp3) is 0.421. The molecule has 2 rings (SSSR count). The number of hydrogen-bond acceptors (Lipinski definition) is 5. The number of ether oxygens (including phenoxy) is 1. The fourth-order valence-electron chi connectivity index (χ4n) is 2.21. The first-order valence-corrected chi connectivity index (χ1v) is 9.77. The molecule has 0 radical (unpaired) electrons. The second-order valence-corrected chi connectivity index (χ2v) is 8.10. The zero-order valence-corrected chi connectivity index (χ0v) is 17.1. The van der Waals surface area contributed by atoms with Gasteiger partial charge in [-0.1, -0.05) is 43.7 Å². The van der Waals surface area contributed by atoms with E-state index < -0.39 is 5.97 Å². The molecule has 1 N–H and O–H groups in total. The van der Waals surface area contributed by atoms with Gasteiger partial charge in [-0.25, -0.2) is 0 Å². The van der Waals surface area contributed by atoms with E-state index in [2.05, 4.69) is 5.32 Å². The second kappa shape index (κ2) is 9.09. The summed E-state index contributed by atoms with van der Waals surface area (Å²) in [7, 11) is 0. The first-order chi connectivity index (χ1) is 12.3. The van der Waals surface area contributed by atoms with Gasteiger partial charge in [0.25, 0.3) is 5.91 Å². The number of carbonyl (C=O) groups is 2. The standard InChI is InChI=1S/C19H24N2O3S2/c1-12(2)14(4)20-17(22)10-24-18(23)9-21-16(11-26-19(21)25)15-7-5-13(3)6-8-15/h5-8,11-12,14H,9-10H2,1-4H3,(H,20,22)/t14-/m1/s1. The summed E-state index contributed by atoms with van der Waals surface area (Å²) in [5.41, 5.74) is 3.02. The Hall–Kier alpha value is -1.99. The maximum atomic E-state index is 12.2. The number of benzene rings is 1. The van der Waals surface area contributed by atoms with Gasteiger partial charge in [-0.05, 0) is 37.5 Å². The van der Waals surface area contributed by atoms with Gasteiger partial charge in [-0.15, -0.1) is 11.3 Å². The second-order valence-electron chi connectivity index (χ2n) is 6.60. The highest BCUT2D eigenvalue weighted by atomic mass is 32.1. The number of carbonyl (C=O) groups excluding carboxylic acids is 2. The van der Waals surface area contributed by atoms with Crippen LogP contribution in [-0.4, -0.2) is 29.1 Å². The van der Waals surface area contributed by atoms with Gasteiger partial charge in [0, 0.05) is 11.4 Å². The molecular formula is C19H24N2O3S2. The van der Waals surface area contributed by atoms with Crippen molar-refractivity contribution in [1.29, 1.82) is 0 Å². The van der Waals surface area contributed by atoms with Crippen LogP contribution in [0.3, 0.4) is 0 Å². The third kappa shape index (κ3) is 5.51. The lowest BCUT2D eigenvalue weighted by molar-refractivity contribution is -0.149. The highest BCUT2D eigenvalue weighted by Crippen LogP contribution is 2.24. The summed E-state index contributed by atoms with van der Waals surface area (Å²) in [5.74, 6) is -0.469. The zero-order chi connectivity index (χ0) is 19.3. The largest absolute Gasteiger partial charge is 0.454 e. The maximum Gasteiger partial charge on any atom is 0.326 e. The van der Waals surface area contributed by atoms with Crippen molar-refractivity contribution in [3.63, 3.8) is 0 Å². The number of thiazole rings is 1. The van der Waals surface area contributed by atoms with E-state index in [0.717, 1.165) is 16.8 Å². The highest BCUT2D eigenvalue weighted by molar-refractivity contribution is 7.73. The summed E-state index contributed by atoms with van der Waals surface area (Å²) in [5, 5.41) is 4.73. The summed E-state index contributed by atoms with van der Waals surface area (Å²) in [6, 6.07) is 8.04. The van der Waals surface area contributed by atoms with Crippen LogP contribution in [0.25, 0.3) is 11.3 Å². The quantitative estimate of drug-likeness (QED) is 0.572. The Labute approximate surface area is 163 Å². The predicted molar refractivity (Wildman–Crippen MR) is 107 cm³/mol. The number of rotatable bonds is 7. The molecule has 1 heterocycles. The van der Waals surface area contributed by atoms with E-state index in [4.69, 9.17) is 17.0 Å². The number of aryl methyl sites for hydroxylation is 1. The lowest BCUT2D eigenvalue weighted by Gasteiger charge is -2.17. The first kappa shape index (κ1) is 20.3. The predicted octanol–water partition coefficient (Wildman–Crippen LogP) is 3.96. The summed E-state index contributed by atoms with van der Waals surface area (Å²) in [6.45, 7) is 7.67. The van der Waals surface area contributed by atoms with Gasteiger partial charge < -0.3 is 14.6 Å². The average molecular weight is 393 g/mol. The van der Waals surface area contributed by atoms with Gasteiger partial charge in [0.15, 0.2) is 10.6 Å². The molecule has 1 aromatic heterocycles. The molecule has 5 nitrogen and oxygen atoms in total. The Balaban J connectivity index is 1.99. The van der Waals surface area contributed by atoms with Crippen LogP contribution in [0, 0.1) is 16.8 Å². The Morgan fingerprint density at radius 2 is 1.88 bits per heavy atom. The fourth-order valence-corrected chi connectivity index (χ4v) is 3.29. The molecule has 7 heteroatoms. The van der Waals surface area contributed by atoms with Crippen LogP contribution in [0.2, 0.25) is 0 Å². The number of esters is 1. The molecule has 0 saturated carbocycles. The van der Waals surface area contributed by atoms with Crippen molar-refractivity contribution in [3.05, 3.63) is 39.2 Å². The van der Waals surface area contributed by atoms with Crippen LogP contribution in [0.15, 0.2) is 29.6 Å².